The van der Waals surface area contributed by atoms with Gasteiger partial charge in [0.1, 0.15) is 11.4 Å². The third-order valence-electron chi connectivity index (χ3n) is 6.78. The summed E-state index contributed by atoms with van der Waals surface area (Å²) >= 11 is 0. The van der Waals surface area contributed by atoms with E-state index >= 15 is 0 Å². The normalized spacial score (nSPS) is 16.6. The molecule has 2 N–H and O–H groups in total. The molecule has 0 bridgehead atoms. The number of allylic oxidation sites excluding steroid dienone is 2. The summed E-state index contributed by atoms with van der Waals surface area (Å²) in [6.07, 6.45) is 4.11. The van der Waals surface area contributed by atoms with Crippen LogP contribution in [0, 0.1) is 0 Å². The van der Waals surface area contributed by atoms with Crippen molar-refractivity contribution >= 4 is 29.2 Å². The monoisotopic (exact) mass is 544 g/mol. The number of carbonyl (C=O) groups is 1. The molecule has 1 fully saturated rings. The highest BCUT2D eigenvalue weighted by Crippen LogP contribution is 2.34. The molecule has 0 saturated carbocycles. The van der Waals surface area contributed by atoms with Crippen molar-refractivity contribution in [1.82, 2.24) is 24.7 Å². The summed E-state index contributed by atoms with van der Waals surface area (Å²) in [5, 5.41) is 5.91. The lowest BCUT2D eigenvalue weighted by Gasteiger charge is -2.34. The van der Waals surface area contributed by atoms with E-state index in [0.29, 0.717) is 13.0 Å². The number of nitrogens with zero attached hydrogens (tertiary/aromatic N) is 6. The zero-order valence-corrected chi connectivity index (χ0v) is 22.5. The molecule has 2 amide bonds. The van der Waals surface area contributed by atoms with E-state index in [2.05, 4.69) is 43.5 Å². The Bertz CT molecular complexity index is 1210. The summed E-state index contributed by atoms with van der Waals surface area (Å²) in [6, 6.07) is 5.84. The standard InChI is InChI=1S/C27H35F3N8O/c1-4-20-18-21(37-16-14-35(2)15-17-37)8-9-23(20)33-25-32-19-22(27(28,29)30)24(34-25)31-10-7-13-38-12-6-5-11-36(3)26(38)39/h5-6,8-9,11-12,18-19H,4,7,10,13-17H2,1-3H3,(H2,31,32,33,34). The largest absolute Gasteiger partial charge is 0.421 e. The van der Waals surface area contributed by atoms with E-state index in [9.17, 15) is 18.0 Å². The zero-order chi connectivity index (χ0) is 28.0. The molecule has 2 aliphatic heterocycles. The molecule has 1 aromatic carbocycles. The van der Waals surface area contributed by atoms with E-state index in [0.717, 1.165) is 55.7 Å². The number of nitrogens with one attached hydrogen (secondary N) is 2. The summed E-state index contributed by atoms with van der Waals surface area (Å²) in [7, 11) is 3.76. The number of piperazine rings is 1. The van der Waals surface area contributed by atoms with Gasteiger partial charge in [0.05, 0.1) is 0 Å². The van der Waals surface area contributed by atoms with Crippen molar-refractivity contribution in [3.8, 4) is 0 Å². The van der Waals surface area contributed by atoms with Gasteiger partial charge in [0.2, 0.25) is 5.95 Å². The minimum absolute atomic E-state index is 0.0749. The maximum absolute atomic E-state index is 13.7. The van der Waals surface area contributed by atoms with Crippen LogP contribution in [0.1, 0.15) is 24.5 Å². The maximum atomic E-state index is 13.7. The number of hydrogen-bond acceptors (Lipinski definition) is 7. The van der Waals surface area contributed by atoms with Gasteiger partial charge in [0.25, 0.3) is 0 Å². The number of likely N-dealkylation sites (N-methyl/N-ethyl adjacent to an activating group) is 1. The van der Waals surface area contributed by atoms with Crippen molar-refractivity contribution in [2.45, 2.75) is 25.9 Å². The average Bonchev–Trinajstić information content (AvgIpc) is 3.07. The van der Waals surface area contributed by atoms with Crippen LogP contribution in [0.3, 0.4) is 0 Å². The predicted molar refractivity (Wildman–Crippen MR) is 147 cm³/mol. The van der Waals surface area contributed by atoms with Gasteiger partial charge < -0.3 is 30.2 Å². The first-order valence-corrected chi connectivity index (χ1v) is 13.1. The van der Waals surface area contributed by atoms with E-state index in [4.69, 9.17) is 0 Å². The summed E-state index contributed by atoms with van der Waals surface area (Å²) in [5.41, 5.74) is 1.97. The number of aromatic nitrogens is 2. The molecule has 1 saturated heterocycles. The van der Waals surface area contributed by atoms with E-state index in [1.54, 1.807) is 31.6 Å². The molecule has 12 heteroatoms. The van der Waals surface area contributed by atoms with Gasteiger partial charge in [0.15, 0.2) is 0 Å². The Balaban J connectivity index is 1.45. The number of urea groups is 1. The number of alkyl halides is 3. The SMILES string of the molecule is CCc1cc(N2CCN(C)CC2)ccc1Nc1ncc(C(F)(F)F)c(NCCCN2C=CC=CN(C)C2=O)n1. The molecule has 0 atom stereocenters. The van der Waals surface area contributed by atoms with Crippen LogP contribution in [0.2, 0.25) is 0 Å². The van der Waals surface area contributed by atoms with Crippen molar-refractivity contribution in [2.24, 2.45) is 0 Å². The van der Waals surface area contributed by atoms with Gasteiger partial charge in [-0.05, 0) is 55.8 Å². The van der Waals surface area contributed by atoms with Crippen molar-refractivity contribution < 1.29 is 18.0 Å². The number of benzene rings is 1. The molecule has 39 heavy (non-hydrogen) atoms. The molecule has 9 nitrogen and oxygen atoms in total. The van der Waals surface area contributed by atoms with Gasteiger partial charge in [-0.2, -0.15) is 18.2 Å². The number of anilines is 4. The van der Waals surface area contributed by atoms with Crippen LogP contribution < -0.4 is 15.5 Å². The molecule has 0 unspecified atom stereocenters. The summed E-state index contributed by atoms with van der Waals surface area (Å²) in [5.74, 6) is -0.227. The second-order valence-electron chi connectivity index (χ2n) is 9.61. The molecular formula is C27H35F3N8O. The number of halogens is 3. The van der Waals surface area contributed by atoms with Gasteiger partial charge in [-0.1, -0.05) is 6.92 Å². The Morgan fingerprint density at radius 3 is 2.51 bits per heavy atom. The predicted octanol–water partition coefficient (Wildman–Crippen LogP) is 4.75. The van der Waals surface area contributed by atoms with Crippen LogP contribution in [-0.4, -0.2) is 84.1 Å². The molecule has 2 aromatic rings. The molecule has 3 heterocycles. The first-order chi connectivity index (χ1) is 18.7. The molecule has 4 rings (SSSR count). The second kappa shape index (κ2) is 12.4. The fraction of sp³-hybridized carbons (Fsp3) is 0.444. The van der Waals surface area contributed by atoms with E-state index < -0.39 is 11.7 Å². The van der Waals surface area contributed by atoms with Gasteiger partial charge >= 0.3 is 12.2 Å². The summed E-state index contributed by atoms with van der Waals surface area (Å²) in [6.45, 7) is 6.44. The fourth-order valence-corrected chi connectivity index (χ4v) is 4.45. The van der Waals surface area contributed by atoms with E-state index in [1.165, 1.54) is 9.80 Å². The number of amides is 2. The Morgan fingerprint density at radius 2 is 1.79 bits per heavy atom. The Kier molecular flexibility index (Phi) is 8.95. The Labute approximate surface area is 227 Å². The Morgan fingerprint density at radius 1 is 1.05 bits per heavy atom. The molecule has 210 valence electrons. The van der Waals surface area contributed by atoms with Gasteiger partial charge in [-0.25, -0.2) is 9.78 Å². The first-order valence-electron chi connectivity index (χ1n) is 13.1. The molecule has 1 aromatic heterocycles. The van der Waals surface area contributed by atoms with Crippen molar-refractivity contribution in [3.05, 3.63) is 60.1 Å². The Hall–Kier alpha value is -3.80. The van der Waals surface area contributed by atoms with Gasteiger partial charge in [-0.3, -0.25) is 0 Å². The minimum atomic E-state index is -4.61. The number of rotatable bonds is 9. The highest BCUT2D eigenvalue weighted by Gasteiger charge is 2.35. The number of carbonyl (C=O) groups excluding carboxylic acids is 1. The zero-order valence-electron chi connectivity index (χ0n) is 22.5. The molecule has 0 aliphatic carbocycles. The average molecular weight is 545 g/mol. The number of hydrogen-bond donors (Lipinski definition) is 2. The smallest absolute Gasteiger partial charge is 0.369 e. The quantitative estimate of drug-likeness (QED) is 0.441. The summed E-state index contributed by atoms with van der Waals surface area (Å²) < 4.78 is 41.1. The highest BCUT2D eigenvalue weighted by atomic mass is 19.4. The molecular weight excluding hydrogens is 509 g/mol. The summed E-state index contributed by atoms with van der Waals surface area (Å²) in [4.78, 5) is 28.1. The highest BCUT2D eigenvalue weighted by molar-refractivity contribution is 5.76. The van der Waals surface area contributed by atoms with Crippen molar-refractivity contribution in [2.75, 3.05) is 68.9 Å². The first kappa shape index (κ1) is 28.2. The van der Waals surface area contributed by atoms with Gasteiger partial charge in [-0.15, -0.1) is 0 Å². The lowest BCUT2D eigenvalue weighted by Crippen LogP contribution is -2.44. The van der Waals surface area contributed by atoms with Crippen LogP contribution in [0.15, 0.2) is 48.9 Å². The van der Waals surface area contributed by atoms with E-state index in [1.807, 2.05) is 19.1 Å². The molecule has 0 radical (unpaired) electrons. The van der Waals surface area contributed by atoms with E-state index in [-0.39, 0.29) is 24.3 Å². The second-order valence-corrected chi connectivity index (χ2v) is 9.61. The van der Waals surface area contributed by atoms with Gasteiger partial charge in [0, 0.05) is 76.3 Å². The van der Waals surface area contributed by atoms with Crippen molar-refractivity contribution in [3.63, 3.8) is 0 Å². The lowest BCUT2D eigenvalue weighted by atomic mass is 10.1. The molecule has 0 spiro atoms. The maximum Gasteiger partial charge on any atom is 0.421 e. The molecule has 2 aliphatic rings. The topological polar surface area (TPSA) is 79.9 Å². The van der Waals surface area contributed by atoms with Crippen LogP contribution in [0.4, 0.5) is 41.1 Å². The van der Waals surface area contributed by atoms with Crippen molar-refractivity contribution in [1.29, 1.82) is 0 Å². The van der Waals surface area contributed by atoms with Crippen LogP contribution in [0.25, 0.3) is 0 Å². The van der Waals surface area contributed by atoms with Crippen LogP contribution in [-0.2, 0) is 12.6 Å². The lowest BCUT2D eigenvalue weighted by molar-refractivity contribution is -0.137. The third kappa shape index (κ3) is 7.20. The third-order valence-corrected chi connectivity index (χ3v) is 6.78. The van der Waals surface area contributed by atoms with Crippen LogP contribution in [0.5, 0.6) is 0 Å². The number of aryl methyl sites for hydroxylation is 1. The minimum Gasteiger partial charge on any atom is -0.369 e. The van der Waals surface area contributed by atoms with Crippen LogP contribution >= 0.6 is 0 Å². The fourth-order valence-electron chi connectivity index (χ4n) is 4.45.